The van der Waals surface area contributed by atoms with Gasteiger partial charge in [-0.15, -0.1) is 11.3 Å². The third-order valence-electron chi connectivity index (χ3n) is 2.10. The Bertz CT molecular complexity index is 333. The number of hydrogen-bond acceptors (Lipinski definition) is 4. The largest absolute Gasteiger partial charge is 0.478 e. The first-order chi connectivity index (χ1) is 6.75. The Kier molecular flexibility index (Phi) is 2.81. The summed E-state index contributed by atoms with van der Waals surface area (Å²) >= 11 is 1.47. The number of carboxylic acid groups (broad SMARTS) is 1. The molecular weight excluding hydrogens is 202 g/mol. The van der Waals surface area contributed by atoms with Gasteiger partial charge < -0.3 is 15.2 Å². The van der Waals surface area contributed by atoms with E-state index in [4.69, 9.17) is 9.84 Å². The van der Waals surface area contributed by atoms with Gasteiger partial charge in [0.2, 0.25) is 0 Å². The van der Waals surface area contributed by atoms with Gasteiger partial charge in [0.25, 0.3) is 0 Å². The van der Waals surface area contributed by atoms with Crippen LogP contribution in [0, 0.1) is 0 Å². The number of carbonyl (C=O) groups is 1. The number of thiophene rings is 1. The van der Waals surface area contributed by atoms with Gasteiger partial charge in [0.15, 0.2) is 0 Å². The Morgan fingerprint density at radius 1 is 1.71 bits per heavy atom. The van der Waals surface area contributed by atoms with Crippen molar-refractivity contribution in [1.82, 2.24) is 5.32 Å². The van der Waals surface area contributed by atoms with E-state index in [0.29, 0.717) is 11.6 Å². The highest BCUT2D eigenvalue weighted by Gasteiger charge is 2.17. The van der Waals surface area contributed by atoms with Crippen molar-refractivity contribution in [2.24, 2.45) is 0 Å². The van der Waals surface area contributed by atoms with E-state index in [1.165, 1.54) is 11.3 Å². The maximum atomic E-state index is 10.6. The van der Waals surface area contributed by atoms with Crippen LogP contribution in [0.4, 0.5) is 0 Å². The Labute approximate surface area is 85.5 Å². The smallest absolute Gasteiger partial charge is 0.336 e. The van der Waals surface area contributed by atoms with Gasteiger partial charge in [-0.05, 0) is 6.07 Å². The molecule has 0 unspecified atom stereocenters. The topological polar surface area (TPSA) is 58.6 Å². The molecule has 1 aromatic heterocycles. The second-order valence-electron chi connectivity index (χ2n) is 3.22. The molecule has 76 valence electrons. The summed E-state index contributed by atoms with van der Waals surface area (Å²) in [7, 11) is 0. The standard InChI is InChI=1S/C9H11NO3S/c11-9(12)6-1-8(14-5-6)2-10-7-3-13-4-7/h1,5,7,10H,2-4H2,(H,11,12). The molecule has 0 aromatic carbocycles. The van der Waals surface area contributed by atoms with Crippen molar-refractivity contribution in [2.45, 2.75) is 12.6 Å². The molecule has 1 fully saturated rings. The maximum Gasteiger partial charge on any atom is 0.336 e. The van der Waals surface area contributed by atoms with Crippen LogP contribution in [0.15, 0.2) is 11.4 Å². The van der Waals surface area contributed by atoms with Crippen LogP contribution in [0.3, 0.4) is 0 Å². The first-order valence-corrected chi connectivity index (χ1v) is 5.25. The summed E-state index contributed by atoms with van der Waals surface area (Å²) in [5, 5.41) is 13.6. The second kappa shape index (κ2) is 4.08. The molecule has 0 spiro atoms. The Hall–Kier alpha value is -0.910. The fraction of sp³-hybridized carbons (Fsp3) is 0.444. The van der Waals surface area contributed by atoms with E-state index in [2.05, 4.69) is 5.32 Å². The van der Waals surface area contributed by atoms with Crippen LogP contribution in [-0.4, -0.2) is 30.3 Å². The van der Waals surface area contributed by atoms with Crippen molar-refractivity contribution in [3.63, 3.8) is 0 Å². The first kappa shape index (κ1) is 9.64. The third-order valence-corrected chi connectivity index (χ3v) is 3.04. The van der Waals surface area contributed by atoms with Gasteiger partial charge in [-0.25, -0.2) is 4.79 Å². The van der Waals surface area contributed by atoms with Crippen LogP contribution < -0.4 is 5.32 Å². The number of carboxylic acids is 1. The molecule has 14 heavy (non-hydrogen) atoms. The first-order valence-electron chi connectivity index (χ1n) is 4.37. The summed E-state index contributed by atoms with van der Waals surface area (Å²) in [6.07, 6.45) is 0. The van der Waals surface area contributed by atoms with E-state index in [1.54, 1.807) is 11.4 Å². The van der Waals surface area contributed by atoms with Crippen molar-refractivity contribution in [3.05, 3.63) is 21.9 Å². The van der Waals surface area contributed by atoms with Crippen LogP contribution in [0.5, 0.6) is 0 Å². The van der Waals surface area contributed by atoms with Crippen molar-refractivity contribution in [2.75, 3.05) is 13.2 Å². The predicted molar refractivity (Wildman–Crippen MR) is 52.7 cm³/mol. The molecule has 1 aromatic rings. The Balaban J connectivity index is 1.86. The molecule has 2 rings (SSSR count). The Morgan fingerprint density at radius 3 is 3.00 bits per heavy atom. The summed E-state index contributed by atoms with van der Waals surface area (Å²) < 4.78 is 5.01. The number of aromatic carboxylic acids is 1. The third kappa shape index (κ3) is 2.12. The quantitative estimate of drug-likeness (QED) is 0.781. The molecule has 4 nitrogen and oxygen atoms in total. The minimum atomic E-state index is -0.862. The van der Waals surface area contributed by atoms with Crippen LogP contribution in [0.25, 0.3) is 0 Å². The molecule has 0 aliphatic carbocycles. The van der Waals surface area contributed by atoms with Gasteiger partial charge in [-0.3, -0.25) is 0 Å². The maximum absolute atomic E-state index is 10.6. The van der Waals surface area contributed by atoms with E-state index < -0.39 is 5.97 Å². The Morgan fingerprint density at radius 2 is 2.50 bits per heavy atom. The fourth-order valence-electron chi connectivity index (χ4n) is 1.18. The van der Waals surface area contributed by atoms with E-state index in [-0.39, 0.29) is 0 Å². The summed E-state index contributed by atoms with van der Waals surface area (Å²) in [4.78, 5) is 11.6. The van der Waals surface area contributed by atoms with Crippen molar-refractivity contribution in [1.29, 1.82) is 0 Å². The van der Waals surface area contributed by atoms with Gasteiger partial charge >= 0.3 is 5.97 Å². The van der Waals surface area contributed by atoms with E-state index >= 15 is 0 Å². The fourth-order valence-corrected chi connectivity index (χ4v) is 1.99. The molecule has 0 saturated carbocycles. The van der Waals surface area contributed by atoms with Crippen LogP contribution in [0.2, 0.25) is 0 Å². The lowest BCUT2D eigenvalue weighted by atomic mass is 10.2. The minimum Gasteiger partial charge on any atom is -0.478 e. The predicted octanol–water partition coefficient (Wildman–Crippen LogP) is 0.935. The zero-order valence-electron chi connectivity index (χ0n) is 7.53. The molecule has 0 amide bonds. The lowest BCUT2D eigenvalue weighted by Gasteiger charge is -2.26. The summed E-state index contributed by atoms with van der Waals surface area (Å²) in [5.74, 6) is -0.862. The molecule has 5 heteroatoms. The molecule has 1 aliphatic heterocycles. The molecule has 2 N–H and O–H groups in total. The molecule has 0 atom stereocenters. The normalized spacial score (nSPS) is 16.6. The lowest BCUT2D eigenvalue weighted by Crippen LogP contribution is -2.45. The lowest BCUT2D eigenvalue weighted by molar-refractivity contribution is -0.00568. The molecule has 0 bridgehead atoms. The average Bonchev–Trinajstić information content (AvgIpc) is 2.50. The average molecular weight is 213 g/mol. The number of ether oxygens (including phenoxy) is 1. The number of nitrogens with one attached hydrogen (secondary N) is 1. The van der Waals surface area contributed by atoms with Crippen molar-refractivity contribution < 1.29 is 14.6 Å². The molecule has 1 aliphatic rings. The molecule has 0 radical (unpaired) electrons. The number of hydrogen-bond donors (Lipinski definition) is 2. The highest BCUT2D eigenvalue weighted by atomic mass is 32.1. The SMILES string of the molecule is O=C(O)c1csc(CNC2COC2)c1. The van der Waals surface area contributed by atoms with Gasteiger partial charge in [0, 0.05) is 16.8 Å². The van der Waals surface area contributed by atoms with Crippen molar-refractivity contribution >= 4 is 17.3 Å². The summed E-state index contributed by atoms with van der Waals surface area (Å²) in [6, 6.07) is 2.14. The van der Waals surface area contributed by atoms with E-state index in [1.807, 2.05) is 0 Å². The van der Waals surface area contributed by atoms with E-state index in [0.717, 1.165) is 24.6 Å². The van der Waals surface area contributed by atoms with Gasteiger partial charge in [0.05, 0.1) is 24.8 Å². The molecule has 2 heterocycles. The zero-order chi connectivity index (χ0) is 9.97. The van der Waals surface area contributed by atoms with Gasteiger partial charge in [-0.2, -0.15) is 0 Å². The van der Waals surface area contributed by atoms with Crippen LogP contribution in [0.1, 0.15) is 15.2 Å². The van der Waals surface area contributed by atoms with Gasteiger partial charge in [-0.1, -0.05) is 0 Å². The highest BCUT2D eigenvalue weighted by Crippen LogP contribution is 2.15. The second-order valence-corrected chi connectivity index (χ2v) is 4.22. The zero-order valence-corrected chi connectivity index (χ0v) is 8.34. The monoisotopic (exact) mass is 213 g/mol. The van der Waals surface area contributed by atoms with Gasteiger partial charge in [0.1, 0.15) is 0 Å². The minimum absolute atomic E-state index is 0.372. The summed E-state index contributed by atoms with van der Waals surface area (Å²) in [6.45, 7) is 2.25. The number of rotatable bonds is 4. The van der Waals surface area contributed by atoms with E-state index in [9.17, 15) is 4.79 Å². The van der Waals surface area contributed by atoms with Crippen molar-refractivity contribution in [3.8, 4) is 0 Å². The van der Waals surface area contributed by atoms with Crippen LogP contribution in [-0.2, 0) is 11.3 Å². The highest BCUT2D eigenvalue weighted by molar-refractivity contribution is 7.10. The molecule has 1 saturated heterocycles. The van der Waals surface area contributed by atoms with Crippen LogP contribution >= 0.6 is 11.3 Å². The summed E-state index contributed by atoms with van der Waals surface area (Å²) in [5.41, 5.74) is 0.372. The molecular formula is C9H11NO3S.